The zero-order valence-corrected chi connectivity index (χ0v) is 19.1. The number of nitrogens with one attached hydrogen (secondary N) is 2. The first-order chi connectivity index (χ1) is 15.3. The summed E-state index contributed by atoms with van der Waals surface area (Å²) in [5.41, 5.74) is 0. The first-order valence-corrected chi connectivity index (χ1v) is 12.8. The number of guanidine groups is 1. The Morgan fingerprint density at radius 1 is 1.03 bits per heavy atom. The lowest BCUT2D eigenvalue weighted by atomic mass is 9.89. The van der Waals surface area contributed by atoms with Crippen LogP contribution in [-0.4, -0.2) is 60.3 Å². The van der Waals surface area contributed by atoms with Crippen LogP contribution in [-0.2, 0) is 6.42 Å². The van der Waals surface area contributed by atoms with Crippen molar-refractivity contribution in [3.8, 4) is 0 Å². The third-order valence-corrected chi connectivity index (χ3v) is 7.51. The van der Waals surface area contributed by atoms with E-state index in [9.17, 15) is 5.11 Å². The highest BCUT2D eigenvalue weighted by molar-refractivity contribution is 5.80. The van der Waals surface area contributed by atoms with Crippen molar-refractivity contribution in [1.29, 1.82) is 0 Å². The van der Waals surface area contributed by atoms with Crippen LogP contribution in [0.5, 0.6) is 0 Å². The fraction of sp³-hybridized carbons (Fsp3) is 0.800. The van der Waals surface area contributed by atoms with Gasteiger partial charge in [0.1, 0.15) is 5.76 Å². The SMILES string of the molecule is OC1CCCCC1N1CCC(NC(=NCC2CCCCC2)NCCc2ccco2)CC1. The summed E-state index contributed by atoms with van der Waals surface area (Å²) in [4.78, 5) is 7.52. The summed E-state index contributed by atoms with van der Waals surface area (Å²) >= 11 is 0. The second kappa shape index (κ2) is 11.9. The molecule has 0 amide bonds. The molecule has 4 rings (SSSR count). The lowest BCUT2D eigenvalue weighted by molar-refractivity contribution is 0.00810. The van der Waals surface area contributed by atoms with E-state index in [2.05, 4.69) is 15.5 Å². The molecule has 0 radical (unpaired) electrons. The van der Waals surface area contributed by atoms with E-state index in [1.54, 1.807) is 6.26 Å². The molecule has 6 nitrogen and oxygen atoms in total. The molecule has 1 saturated heterocycles. The molecule has 2 atom stereocenters. The molecular formula is C25H42N4O2. The number of rotatable bonds is 7. The Kier molecular flexibility index (Phi) is 8.71. The maximum Gasteiger partial charge on any atom is 0.191 e. The van der Waals surface area contributed by atoms with Gasteiger partial charge in [-0.1, -0.05) is 32.1 Å². The Morgan fingerprint density at radius 3 is 2.55 bits per heavy atom. The zero-order chi connectivity index (χ0) is 21.3. The first kappa shape index (κ1) is 22.7. The van der Waals surface area contributed by atoms with E-state index in [1.807, 2.05) is 12.1 Å². The predicted molar refractivity (Wildman–Crippen MR) is 125 cm³/mol. The van der Waals surface area contributed by atoms with Crippen LogP contribution in [0.2, 0.25) is 0 Å². The number of aliphatic imine (C=N–C) groups is 1. The van der Waals surface area contributed by atoms with Crippen molar-refractivity contribution in [3.05, 3.63) is 24.2 Å². The van der Waals surface area contributed by atoms with Crippen LogP contribution in [0.15, 0.2) is 27.8 Å². The van der Waals surface area contributed by atoms with Crippen LogP contribution in [0.4, 0.5) is 0 Å². The maximum atomic E-state index is 10.4. The second-order valence-corrected chi connectivity index (χ2v) is 9.82. The van der Waals surface area contributed by atoms with E-state index in [4.69, 9.17) is 9.41 Å². The molecule has 0 aromatic carbocycles. The van der Waals surface area contributed by atoms with Gasteiger partial charge in [-0.25, -0.2) is 0 Å². The van der Waals surface area contributed by atoms with Crippen LogP contribution in [0, 0.1) is 5.92 Å². The molecule has 1 aliphatic heterocycles. The zero-order valence-electron chi connectivity index (χ0n) is 19.1. The van der Waals surface area contributed by atoms with Gasteiger partial charge >= 0.3 is 0 Å². The number of aliphatic hydroxyl groups is 1. The smallest absolute Gasteiger partial charge is 0.191 e. The molecule has 1 aromatic rings. The molecule has 0 spiro atoms. The summed E-state index contributed by atoms with van der Waals surface area (Å²) < 4.78 is 5.47. The van der Waals surface area contributed by atoms with Crippen LogP contribution in [0.3, 0.4) is 0 Å². The molecule has 3 fully saturated rings. The van der Waals surface area contributed by atoms with Crippen molar-refractivity contribution in [2.24, 2.45) is 10.9 Å². The second-order valence-electron chi connectivity index (χ2n) is 9.82. The molecule has 3 N–H and O–H groups in total. The minimum Gasteiger partial charge on any atom is -0.469 e. The van der Waals surface area contributed by atoms with Gasteiger partial charge in [-0.2, -0.15) is 0 Å². The normalized spacial score (nSPS) is 27.3. The lowest BCUT2D eigenvalue weighted by Gasteiger charge is -2.41. The highest BCUT2D eigenvalue weighted by Gasteiger charge is 2.31. The fourth-order valence-electron chi connectivity index (χ4n) is 5.59. The van der Waals surface area contributed by atoms with Crippen molar-refractivity contribution in [2.75, 3.05) is 26.2 Å². The Morgan fingerprint density at radius 2 is 1.81 bits per heavy atom. The molecule has 2 saturated carbocycles. The van der Waals surface area contributed by atoms with Gasteiger partial charge in [0.25, 0.3) is 0 Å². The summed E-state index contributed by atoms with van der Waals surface area (Å²) in [6.45, 7) is 3.91. The van der Waals surface area contributed by atoms with Gasteiger partial charge in [0.15, 0.2) is 5.96 Å². The standard InChI is InChI=1S/C25H42N4O2/c30-24-11-5-4-10-23(24)29-16-13-21(14-17-29)28-25(26-15-12-22-9-6-18-31-22)27-19-20-7-2-1-3-8-20/h6,9,18,20-21,23-24,30H,1-5,7-8,10-17,19H2,(H2,26,27,28). The Bertz CT molecular complexity index is 648. The highest BCUT2D eigenvalue weighted by atomic mass is 16.3. The molecule has 0 bridgehead atoms. The Labute approximate surface area is 187 Å². The Hall–Kier alpha value is -1.53. The fourth-order valence-corrected chi connectivity index (χ4v) is 5.59. The van der Waals surface area contributed by atoms with E-state index in [1.165, 1.54) is 44.9 Å². The monoisotopic (exact) mass is 430 g/mol. The minimum atomic E-state index is -0.130. The molecule has 2 aliphatic carbocycles. The van der Waals surface area contributed by atoms with Crippen molar-refractivity contribution in [2.45, 2.75) is 95.2 Å². The number of piperidine rings is 1. The van der Waals surface area contributed by atoms with E-state index in [-0.39, 0.29) is 6.10 Å². The first-order valence-electron chi connectivity index (χ1n) is 12.8. The minimum absolute atomic E-state index is 0.130. The van der Waals surface area contributed by atoms with Gasteiger partial charge in [-0.15, -0.1) is 0 Å². The predicted octanol–water partition coefficient (Wildman–Crippen LogP) is 3.71. The summed E-state index contributed by atoms with van der Waals surface area (Å²) in [7, 11) is 0. The van der Waals surface area contributed by atoms with Gasteiger partial charge in [-0.05, 0) is 56.6 Å². The van der Waals surface area contributed by atoms with E-state index < -0.39 is 0 Å². The number of furan rings is 1. The van der Waals surface area contributed by atoms with Crippen molar-refractivity contribution in [1.82, 2.24) is 15.5 Å². The number of nitrogens with zero attached hydrogens (tertiary/aromatic N) is 2. The van der Waals surface area contributed by atoms with Crippen molar-refractivity contribution in [3.63, 3.8) is 0 Å². The molecular weight excluding hydrogens is 388 g/mol. The van der Waals surface area contributed by atoms with Crippen LogP contribution >= 0.6 is 0 Å². The lowest BCUT2D eigenvalue weighted by Crippen LogP contribution is -2.53. The summed E-state index contributed by atoms with van der Waals surface area (Å²) in [6.07, 6.45) is 16.0. The van der Waals surface area contributed by atoms with E-state index >= 15 is 0 Å². The van der Waals surface area contributed by atoms with Crippen molar-refractivity contribution >= 4 is 5.96 Å². The van der Waals surface area contributed by atoms with Gasteiger partial charge < -0.3 is 20.2 Å². The third-order valence-electron chi connectivity index (χ3n) is 7.51. The highest BCUT2D eigenvalue weighted by Crippen LogP contribution is 2.26. The molecule has 1 aromatic heterocycles. The topological polar surface area (TPSA) is 73.0 Å². The summed E-state index contributed by atoms with van der Waals surface area (Å²) in [5.74, 6) is 2.72. The van der Waals surface area contributed by atoms with Gasteiger partial charge in [0.2, 0.25) is 0 Å². The molecule has 2 unspecified atom stereocenters. The quantitative estimate of drug-likeness (QED) is 0.454. The number of hydrogen-bond donors (Lipinski definition) is 3. The van der Waals surface area contributed by atoms with Gasteiger partial charge in [0, 0.05) is 44.7 Å². The number of likely N-dealkylation sites (tertiary alicyclic amines) is 1. The van der Waals surface area contributed by atoms with Gasteiger partial charge in [-0.3, -0.25) is 9.89 Å². The average molecular weight is 431 g/mol. The Balaban J connectivity index is 1.27. The van der Waals surface area contributed by atoms with Crippen LogP contribution in [0.25, 0.3) is 0 Å². The number of hydrogen-bond acceptors (Lipinski definition) is 4. The molecule has 2 heterocycles. The molecule has 174 valence electrons. The summed E-state index contributed by atoms with van der Waals surface area (Å²) in [5, 5.41) is 17.7. The average Bonchev–Trinajstić information content (AvgIpc) is 3.33. The van der Waals surface area contributed by atoms with Crippen LogP contribution < -0.4 is 10.6 Å². The number of aliphatic hydroxyl groups excluding tert-OH is 1. The maximum absolute atomic E-state index is 10.4. The largest absolute Gasteiger partial charge is 0.469 e. The molecule has 31 heavy (non-hydrogen) atoms. The third kappa shape index (κ3) is 6.98. The van der Waals surface area contributed by atoms with E-state index in [0.29, 0.717) is 12.1 Å². The molecule has 6 heteroatoms. The summed E-state index contributed by atoms with van der Waals surface area (Å²) in [6, 6.07) is 4.81. The molecule has 3 aliphatic rings. The van der Waals surface area contributed by atoms with Gasteiger partial charge in [0.05, 0.1) is 12.4 Å². The van der Waals surface area contributed by atoms with Crippen molar-refractivity contribution < 1.29 is 9.52 Å². The van der Waals surface area contributed by atoms with E-state index in [0.717, 1.165) is 75.9 Å². The van der Waals surface area contributed by atoms with Crippen LogP contribution in [0.1, 0.15) is 76.4 Å².